The van der Waals surface area contributed by atoms with Gasteiger partial charge in [0.2, 0.25) is 0 Å². The number of hydrogen-bond acceptors (Lipinski definition) is 18. The van der Waals surface area contributed by atoms with Gasteiger partial charge in [0, 0.05) is 17.3 Å². The molecule has 3 saturated carbocycles. The molecule has 6 fully saturated rings. The number of aliphatic hydroxyl groups is 11. The third-order valence-corrected chi connectivity index (χ3v) is 18.5. The van der Waals surface area contributed by atoms with E-state index in [1.165, 1.54) is 6.92 Å². The number of carbonyl (C=O) groups excluding carboxylic acids is 1. The summed E-state index contributed by atoms with van der Waals surface area (Å²) < 4.78 is 36.0. The van der Waals surface area contributed by atoms with E-state index in [2.05, 4.69) is 47.6 Å². The van der Waals surface area contributed by atoms with Crippen molar-refractivity contribution in [2.24, 2.45) is 45.3 Å². The molecular weight excluding hydrogens is 865 g/mol. The lowest BCUT2D eigenvalue weighted by atomic mass is 9.38. The van der Waals surface area contributed by atoms with E-state index in [1.807, 2.05) is 0 Å². The largest absolute Gasteiger partial charge is 0.394 e. The van der Waals surface area contributed by atoms with E-state index in [0.29, 0.717) is 38.5 Å². The van der Waals surface area contributed by atoms with Crippen LogP contribution in [0.1, 0.15) is 114 Å². The molecule has 0 bridgehead atoms. The van der Waals surface area contributed by atoms with E-state index in [4.69, 9.17) is 28.4 Å². The summed E-state index contributed by atoms with van der Waals surface area (Å²) in [5.41, 5.74) is -1.92. The number of ketones is 1. The molecule has 11 N–H and O–H groups in total. The Kier molecular flexibility index (Phi) is 15.2. The molecule has 7 rings (SSSR count). The van der Waals surface area contributed by atoms with Crippen molar-refractivity contribution in [3.8, 4) is 0 Å². The highest BCUT2D eigenvalue weighted by molar-refractivity contribution is 5.88. The first-order chi connectivity index (χ1) is 30.7. The summed E-state index contributed by atoms with van der Waals surface area (Å²) in [4.78, 5) is 15.1. The van der Waals surface area contributed by atoms with Gasteiger partial charge >= 0.3 is 0 Å². The van der Waals surface area contributed by atoms with Crippen LogP contribution in [-0.4, -0.2) is 185 Å². The van der Waals surface area contributed by atoms with Crippen molar-refractivity contribution >= 4 is 5.78 Å². The van der Waals surface area contributed by atoms with Gasteiger partial charge in [0.1, 0.15) is 72.9 Å². The Hall–Kier alpha value is -1.27. The van der Waals surface area contributed by atoms with Crippen molar-refractivity contribution in [1.82, 2.24) is 0 Å². The Morgan fingerprint density at radius 2 is 1.32 bits per heavy atom. The Morgan fingerprint density at radius 3 is 1.95 bits per heavy atom. The van der Waals surface area contributed by atoms with Crippen LogP contribution in [0.2, 0.25) is 0 Å². The fraction of sp³-hybridized carbons (Fsp3) is 0.938. The first-order valence-electron chi connectivity index (χ1n) is 24.2. The monoisotopic (exact) mass is 945 g/mol. The van der Waals surface area contributed by atoms with Gasteiger partial charge in [-0.05, 0) is 100 Å². The normalized spacial score (nSPS) is 50.5. The van der Waals surface area contributed by atoms with Crippen LogP contribution in [0.15, 0.2) is 11.6 Å². The number of aliphatic hydroxyl groups excluding tert-OH is 11. The molecule has 4 aliphatic carbocycles. The van der Waals surface area contributed by atoms with Crippen molar-refractivity contribution < 1.29 is 89.4 Å². The maximum Gasteiger partial charge on any atom is 0.187 e. The van der Waals surface area contributed by atoms with Crippen molar-refractivity contribution in [2.75, 3.05) is 13.2 Å². The molecule has 0 radical (unpaired) electrons. The second-order valence-corrected chi connectivity index (χ2v) is 22.8. The maximum absolute atomic E-state index is 15.1. The summed E-state index contributed by atoms with van der Waals surface area (Å²) in [7, 11) is 0. The predicted octanol–water partition coefficient (Wildman–Crippen LogP) is 0.180. The number of allylic oxidation sites excluding steroid dienone is 1. The van der Waals surface area contributed by atoms with Crippen molar-refractivity contribution in [2.45, 2.75) is 224 Å². The number of Topliss-reactive ketones (excluding diaryl/α,β-unsaturated/α-hetero) is 1. The molecule has 66 heavy (non-hydrogen) atoms. The standard InChI is InChI=1S/C48H80O18/c1-21(10-14-29(51)45(5,6)66-42-39(60)36(57)33(54)26(19-49)62-42)23-16-17-46(7)28-13-11-24-25(48(28,9)30(52)18-47(23,46)8)12-15-31(44(24,3)4)64-43-40(37(58)34(55)27(20-50)63-43)65-41-38(59)35(56)32(53)22(2)61-41/h11,21-23,25-29,31-43,49-51,53-60H,10,12-20H2,1-9H3/t21-,22+,23-,25-,26-,27-,28+,29+,31+,32+,33-,34-,35-,36+,37+,38-,39-,40-,41+,42+,43+,46+,47-,48+/m1/s1. The number of carbonyl (C=O) groups is 1. The van der Waals surface area contributed by atoms with E-state index in [1.54, 1.807) is 13.8 Å². The van der Waals surface area contributed by atoms with Crippen LogP contribution in [0.5, 0.6) is 0 Å². The first kappa shape index (κ1) is 52.6. The molecule has 24 atom stereocenters. The molecule has 18 nitrogen and oxygen atoms in total. The van der Waals surface area contributed by atoms with Gasteiger partial charge in [-0.15, -0.1) is 0 Å². The lowest BCUT2D eigenvalue weighted by Gasteiger charge is -2.65. The second kappa shape index (κ2) is 19.1. The average Bonchev–Trinajstić information content (AvgIpc) is 3.53. The summed E-state index contributed by atoms with van der Waals surface area (Å²) in [5.74, 6) is 0.565. The lowest BCUT2D eigenvalue weighted by molar-refractivity contribution is -0.372. The molecule has 0 amide bonds. The first-order valence-corrected chi connectivity index (χ1v) is 24.2. The SMILES string of the molecule is C[C@H](CC[C@H](O)C(C)(C)O[C@@H]1O[C@H](CO)[C@@H](O)[C@H](O)[C@H]1O)[C@H]1CC[C@@]2(C)[C@@H]3CC=C4[C@@H](CC[C@H](O[C@@H]5O[C@H](CO)[C@@H](O)[C@H](O)[C@H]5O[C@@H]5O[C@@H](C)[C@H](O)[C@@H](O)[C@H]5O)C4(C)C)[C@]3(C)C(=O)C[C@]12C. The summed E-state index contributed by atoms with van der Waals surface area (Å²) >= 11 is 0. The van der Waals surface area contributed by atoms with Crippen molar-refractivity contribution in [3.63, 3.8) is 0 Å². The molecule has 0 aromatic heterocycles. The van der Waals surface area contributed by atoms with Crippen LogP contribution < -0.4 is 0 Å². The molecule has 3 heterocycles. The van der Waals surface area contributed by atoms with Crippen LogP contribution in [-0.2, 0) is 33.2 Å². The molecular formula is C48H80O18. The molecule has 3 aliphatic heterocycles. The topological polar surface area (TPSA) is 295 Å². The van der Waals surface area contributed by atoms with Gasteiger partial charge in [0.15, 0.2) is 18.9 Å². The smallest absolute Gasteiger partial charge is 0.187 e. The summed E-state index contributed by atoms with van der Waals surface area (Å²) in [5, 5.41) is 116. The van der Waals surface area contributed by atoms with E-state index in [9.17, 15) is 56.2 Å². The number of hydrogen-bond donors (Lipinski definition) is 11. The number of ether oxygens (including phenoxy) is 6. The van der Waals surface area contributed by atoms with E-state index >= 15 is 4.79 Å². The van der Waals surface area contributed by atoms with E-state index in [-0.39, 0.29) is 40.3 Å². The Labute approximate surface area is 388 Å². The molecule has 7 aliphatic rings. The third kappa shape index (κ3) is 8.60. The molecule has 380 valence electrons. The Morgan fingerprint density at radius 1 is 0.727 bits per heavy atom. The molecule has 0 unspecified atom stereocenters. The lowest BCUT2D eigenvalue weighted by Crippen LogP contribution is -2.65. The van der Waals surface area contributed by atoms with Gasteiger partial charge in [0.25, 0.3) is 0 Å². The van der Waals surface area contributed by atoms with E-state index in [0.717, 1.165) is 18.4 Å². The summed E-state index contributed by atoms with van der Waals surface area (Å²) in [6.07, 6.45) is -15.7. The zero-order chi connectivity index (χ0) is 48.8. The predicted molar refractivity (Wildman–Crippen MR) is 233 cm³/mol. The molecule has 18 heteroatoms. The van der Waals surface area contributed by atoms with Crippen LogP contribution >= 0.6 is 0 Å². The zero-order valence-electron chi connectivity index (χ0n) is 40.0. The minimum Gasteiger partial charge on any atom is -0.394 e. The van der Waals surface area contributed by atoms with Gasteiger partial charge < -0.3 is 84.6 Å². The zero-order valence-corrected chi connectivity index (χ0v) is 40.0. The quantitative estimate of drug-likeness (QED) is 0.110. The Bertz CT molecular complexity index is 1740. The van der Waals surface area contributed by atoms with Gasteiger partial charge in [-0.3, -0.25) is 4.79 Å². The van der Waals surface area contributed by atoms with Gasteiger partial charge in [-0.1, -0.05) is 53.2 Å². The fourth-order valence-electron chi connectivity index (χ4n) is 13.9. The van der Waals surface area contributed by atoms with Gasteiger partial charge in [0.05, 0.1) is 37.1 Å². The minimum atomic E-state index is -1.69. The van der Waals surface area contributed by atoms with Gasteiger partial charge in [-0.2, -0.15) is 0 Å². The highest BCUT2D eigenvalue weighted by atomic mass is 16.8. The van der Waals surface area contributed by atoms with Crippen LogP contribution in [0.25, 0.3) is 0 Å². The number of rotatable bonds is 13. The molecule has 0 aromatic rings. The average molecular weight is 945 g/mol. The molecule has 0 spiro atoms. The molecule has 0 aromatic carbocycles. The fourth-order valence-corrected chi connectivity index (χ4v) is 13.9. The minimum absolute atomic E-state index is 0.0616. The van der Waals surface area contributed by atoms with Crippen LogP contribution in [0.4, 0.5) is 0 Å². The third-order valence-electron chi connectivity index (χ3n) is 18.5. The number of fused-ring (bicyclic) bond motifs is 5. The summed E-state index contributed by atoms with van der Waals surface area (Å²) in [6, 6.07) is 0. The van der Waals surface area contributed by atoms with Crippen molar-refractivity contribution in [1.29, 1.82) is 0 Å². The molecule has 3 saturated heterocycles. The Balaban J connectivity index is 1.05. The van der Waals surface area contributed by atoms with Crippen molar-refractivity contribution in [3.05, 3.63) is 11.6 Å². The maximum atomic E-state index is 15.1. The van der Waals surface area contributed by atoms with Crippen LogP contribution in [0, 0.1) is 45.3 Å². The van der Waals surface area contributed by atoms with Gasteiger partial charge in [-0.25, -0.2) is 0 Å². The second-order valence-electron chi connectivity index (χ2n) is 22.8. The highest BCUT2D eigenvalue weighted by Crippen LogP contribution is 2.74. The summed E-state index contributed by atoms with van der Waals surface area (Å²) in [6.45, 7) is 16.7. The van der Waals surface area contributed by atoms with E-state index < -0.39 is 134 Å². The highest BCUT2D eigenvalue weighted by Gasteiger charge is 2.70. The van der Waals surface area contributed by atoms with Crippen LogP contribution in [0.3, 0.4) is 0 Å².